The van der Waals surface area contributed by atoms with E-state index in [0.717, 1.165) is 29.4 Å². The van der Waals surface area contributed by atoms with Gasteiger partial charge in [-0.2, -0.15) is 4.37 Å². The topological polar surface area (TPSA) is 64.7 Å². The molecule has 0 aromatic carbocycles. The van der Waals surface area contributed by atoms with Crippen LogP contribution in [-0.4, -0.2) is 19.6 Å². The first-order valence-corrected chi connectivity index (χ1v) is 7.59. The van der Waals surface area contributed by atoms with Gasteiger partial charge in [-0.25, -0.2) is 4.98 Å². The molecular formula is C11H16N4OS2. The maximum atomic E-state index is 5.50. The lowest BCUT2D eigenvalue weighted by atomic mass is 10.1. The first-order valence-electron chi connectivity index (χ1n) is 6.00. The van der Waals surface area contributed by atoms with Gasteiger partial charge in [0.2, 0.25) is 5.89 Å². The molecule has 5 nitrogen and oxygen atoms in total. The van der Waals surface area contributed by atoms with E-state index in [0.29, 0.717) is 17.0 Å². The SMILES string of the molecule is CCCc1nnc(Sc2nc(CC(C)C)ns2)o1. The molecule has 0 aliphatic rings. The monoisotopic (exact) mass is 284 g/mol. The maximum Gasteiger partial charge on any atom is 0.283 e. The van der Waals surface area contributed by atoms with Gasteiger partial charge in [-0.3, -0.25) is 0 Å². The summed E-state index contributed by atoms with van der Waals surface area (Å²) in [5, 5.41) is 8.51. The molecule has 0 saturated carbocycles. The van der Waals surface area contributed by atoms with Crippen LogP contribution in [0, 0.1) is 5.92 Å². The van der Waals surface area contributed by atoms with E-state index in [9.17, 15) is 0 Å². The predicted octanol–water partition coefficient (Wildman–Crippen LogP) is 3.22. The van der Waals surface area contributed by atoms with E-state index in [1.165, 1.54) is 23.3 Å². The molecule has 0 fully saturated rings. The molecule has 0 atom stereocenters. The summed E-state index contributed by atoms with van der Waals surface area (Å²) in [4.78, 5) is 4.44. The standard InChI is InChI=1S/C11H16N4OS2/c1-4-5-9-13-14-10(16-9)17-11-12-8(15-18-11)6-7(2)3/h7H,4-6H2,1-3H3. The molecular weight excluding hydrogens is 268 g/mol. The van der Waals surface area contributed by atoms with Crippen LogP contribution in [0.5, 0.6) is 0 Å². The van der Waals surface area contributed by atoms with Crippen molar-refractivity contribution in [2.75, 3.05) is 0 Å². The first kappa shape index (κ1) is 13.5. The van der Waals surface area contributed by atoms with Gasteiger partial charge in [0.1, 0.15) is 5.82 Å². The Balaban J connectivity index is 1.97. The van der Waals surface area contributed by atoms with E-state index in [-0.39, 0.29) is 0 Å². The Bertz CT molecular complexity index is 495. The highest BCUT2D eigenvalue weighted by molar-refractivity contribution is 8.00. The fraction of sp³-hybridized carbons (Fsp3) is 0.636. The van der Waals surface area contributed by atoms with Gasteiger partial charge in [-0.15, -0.1) is 10.2 Å². The van der Waals surface area contributed by atoms with Crippen molar-refractivity contribution in [2.24, 2.45) is 5.92 Å². The molecule has 0 amide bonds. The molecule has 7 heteroatoms. The van der Waals surface area contributed by atoms with Crippen molar-refractivity contribution in [3.63, 3.8) is 0 Å². The molecule has 18 heavy (non-hydrogen) atoms. The van der Waals surface area contributed by atoms with Crippen LogP contribution in [0.15, 0.2) is 14.0 Å². The Morgan fingerprint density at radius 3 is 2.89 bits per heavy atom. The normalized spacial score (nSPS) is 11.3. The van der Waals surface area contributed by atoms with Crippen molar-refractivity contribution >= 4 is 23.3 Å². The van der Waals surface area contributed by atoms with Crippen LogP contribution in [0.2, 0.25) is 0 Å². The second kappa shape index (κ2) is 6.29. The van der Waals surface area contributed by atoms with Crippen molar-refractivity contribution in [3.8, 4) is 0 Å². The highest BCUT2D eigenvalue weighted by Crippen LogP contribution is 2.28. The van der Waals surface area contributed by atoms with Gasteiger partial charge in [0.25, 0.3) is 5.22 Å². The van der Waals surface area contributed by atoms with E-state index in [1.54, 1.807) is 0 Å². The zero-order valence-electron chi connectivity index (χ0n) is 10.7. The summed E-state index contributed by atoms with van der Waals surface area (Å²) in [5.41, 5.74) is 0. The molecule has 0 saturated heterocycles. The van der Waals surface area contributed by atoms with Crippen LogP contribution in [0.1, 0.15) is 38.9 Å². The van der Waals surface area contributed by atoms with E-state index in [2.05, 4.69) is 40.3 Å². The van der Waals surface area contributed by atoms with Crippen molar-refractivity contribution in [3.05, 3.63) is 11.7 Å². The van der Waals surface area contributed by atoms with Crippen molar-refractivity contribution in [2.45, 2.75) is 49.6 Å². The van der Waals surface area contributed by atoms with Gasteiger partial charge < -0.3 is 4.42 Å². The second-order valence-electron chi connectivity index (χ2n) is 4.39. The molecule has 2 rings (SSSR count). The third kappa shape index (κ3) is 3.78. The van der Waals surface area contributed by atoms with Gasteiger partial charge in [-0.05, 0) is 23.9 Å². The molecule has 0 aliphatic heterocycles. The fourth-order valence-corrected chi connectivity index (χ4v) is 2.84. The van der Waals surface area contributed by atoms with Gasteiger partial charge >= 0.3 is 0 Å². The van der Waals surface area contributed by atoms with Gasteiger partial charge in [0, 0.05) is 24.6 Å². The summed E-state index contributed by atoms with van der Waals surface area (Å²) in [6.45, 7) is 6.39. The number of nitrogens with zero attached hydrogens (tertiary/aromatic N) is 4. The first-order chi connectivity index (χ1) is 8.67. The van der Waals surface area contributed by atoms with E-state index in [1.807, 2.05) is 0 Å². The third-order valence-electron chi connectivity index (χ3n) is 2.13. The minimum Gasteiger partial charge on any atom is -0.416 e. The number of aryl methyl sites for hydroxylation is 1. The van der Waals surface area contributed by atoms with Gasteiger partial charge in [-0.1, -0.05) is 20.8 Å². The molecule has 98 valence electrons. The molecule has 0 radical (unpaired) electrons. The van der Waals surface area contributed by atoms with Crippen molar-refractivity contribution in [1.82, 2.24) is 19.6 Å². The smallest absolute Gasteiger partial charge is 0.283 e. The van der Waals surface area contributed by atoms with Crippen molar-refractivity contribution in [1.29, 1.82) is 0 Å². The van der Waals surface area contributed by atoms with Crippen LogP contribution in [0.25, 0.3) is 0 Å². The van der Waals surface area contributed by atoms with Crippen LogP contribution in [0.3, 0.4) is 0 Å². The average Bonchev–Trinajstić information content (AvgIpc) is 2.89. The molecule has 0 unspecified atom stereocenters. The lowest BCUT2D eigenvalue weighted by molar-refractivity contribution is 0.411. The van der Waals surface area contributed by atoms with Gasteiger partial charge in [0.15, 0.2) is 4.34 Å². The molecule has 2 heterocycles. The zero-order valence-corrected chi connectivity index (χ0v) is 12.3. The Morgan fingerprint density at radius 2 is 2.17 bits per heavy atom. The number of hydrogen-bond donors (Lipinski definition) is 0. The Kier molecular flexibility index (Phi) is 4.71. The van der Waals surface area contributed by atoms with Gasteiger partial charge in [0.05, 0.1) is 0 Å². The Morgan fingerprint density at radius 1 is 1.33 bits per heavy atom. The summed E-state index contributed by atoms with van der Waals surface area (Å²) >= 11 is 2.77. The second-order valence-corrected chi connectivity index (χ2v) is 6.34. The molecule has 0 N–H and O–H groups in total. The van der Waals surface area contributed by atoms with Crippen LogP contribution < -0.4 is 0 Å². The quantitative estimate of drug-likeness (QED) is 0.811. The summed E-state index contributed by atoms with van der Waals surface area (Å²) < 4.78 is 10.7. The molecule has 2 aromatic heterocycles. The summed E-state index contributed by atoms with van der Waals surface area (Å²) in [6.07, 6.45) is 2.73. The van der Waals surface area contributed by atoms with Crippen LogP contribution >= 0.6 is 23.3 Å². The molecule has 0 aliphatic carbocycles. The summed E-state index contributed by atoms with van der Waals surface area (Å²) in [7, 11) is 0. The maximum absolute atomic E-state index is 5.50. The Hall–Kier alpha value is -0.950. The lowest BCUT2D eigenvalue weighted by Crippen LogP contribution is -1.95. The molecule has 0 bridgehead atoms. The van der Waals surface area contributed by atoms with E-state index >= 15 is 0 Å². The Labute approximate surface area is 115 Å². The fourth-order valence-electron chi connectivity index (χ4n) is 1.40. The highest BCUT2D eigenvalue weighted by atomic mass is 32.2. The lowest BCUT2D eigenvalue weighted by Gasteiger charge is -1.96. The van der Waals surface area contributed by atoms with E-state index in [4.69, 9.17) is 4.42 Å². The van der Waals surface area contributed by atoms with Crippen LogP contribution in [-0.2, 0) is 12.8 Å². The minimum absolute atomic E-state index is 0.547. The summed E-state index contributed by atoms with van der Waals surface area (Å²) in [5.74, 6) is 2.15. The average molecular weight is 284 g/mol. The number of hydrogen-bond acceptors (Lipinski definition) is 7. The van der Waals surface area contributed by atoms with Crippen molar-refractivity contribution < 1.29 is 4.42 Å². The zero-order chi connectivity index (χ0) is 13.0. The minimum atomic E-state index is 0.547. The summed E-state index contributed by atoms with van der Waals surface area (Å²) in [6, 6.07) is 0. The molecule has 2 aromatic rings. The highest BCUT2D eigenvalue weighted by Gasteiger charge is 2.12. The van der Waals surface area contributed by atoms with Crippen LogP contribution in [0.4, 0.5) is 0 Å². The van der Waals surface area contributed by atoms with E-state index < -0.39 is 0 Å². The predicted molar refractivity (Wildman–Crippen MR) is 70.9 cm³/mol. The molecule has 0 spiro atoms. The number of rotatable bonds is 6. The largest absolute Gasteiger partial charge is 0.416 e. The number of aromatic nitrogens is 4. The third-order valence-corrected chi connectivity index (χ3v) is 3.76.